The van der Waals surface area contributed by atoms with Gasteiger partial charge in [-0.15, -0.1) is 5.11 Å². The van der Waals surface area contributed by atoms with Crippen molar-refractivity contribution in [3.8, 4) is 0 Å². The molecule has 164 valence electrons. The molecule has 4 aliphatic rings. The van der Waals surface area contributed by atoms with Crippen LogP contribution in [0.1, 0.15) is 47.5 Å². The summed E-state index contributed by atoms with van der Waals surface area (Å²) in [5.41, 5.74) is -4.73. The third kappa shape index (κ3) is 2.56. The third-order valence-corrected chi connectivity index (χ3v) is 7.48. The number of hydrogen-bond acceptors (Lipinski definition) is 8. The molecule has 0 aromatic carbocycles. The lowest BCUT2D eigenvalue weighted by molar-refractivity contribution is -0.198. The molecule has 1 saturated carbocycles. The van der Waals surface area contributed by atoms with E-state index in [4.69, 9.17) is 4.74 Å². The van der Waals surface area contributed by atoms with Crippen molar-refractivity contribution >= 4 is 11.8 Å². The Labute approximate surface area is 175 Å². The first-order chi connectivity index (χ1) is 13.8. The van der Waals surface area contributed by atoms with E-state index >= 15 is 0 Å². The molecule has 1 heterocycles. The number of carbonyl (C=O) groups excluding carboxylic acids is 2. The van der Waals surface area contributed by atoms with Gasteiger partial charge >= 0.3 is 5.97 Å². The van der Waals surface area contributed by atoms with Gasteiger partial charge in [0.1, 0.15) is 0 Å². The Morgan fingerprint density at radius 2 is 1.90 bits per heavy atom. The van der Waals surface area contributed by atoms with Gasteiger partial charge in [-0.25, -0.2) is 0 Å². The van der Waals surface area contributed by atoms with Crippen LogP contribution in [0.2, 0.25) is 0 Å². The molecule has 7 atom stereocenters. The molecule has 1 aliphatic heterocycles. The number of ether oxygens (including phenoxy) is 1. The quantitative estimate of drug-likeness (QED) is 0.462. The fraction of sp³-hybridized carbons (Fsp3) is 0.727. The van der Waals surface area contributed by atoms with E-state index in [0.717, 1.165) is 0 Å². The molecule has 8 heteroatoms. The Morgan fingerprint density at radius 1 is 1.23 bits per heavy atom. The monoisotopic (exact) mass is 418 g/mol. The van der Waals surface area contributed by atoms with Crippen molar-refractivity contribution in [3.63, 3.8) is 0 Å². The number of rotatable bonds is 2. The SMILES string of the molecule is CC(=O)O[C@@]12C[C@@H](C)[C@]3(O)C4=CC(C)C(=O)[C@@]4(O)CC(CO)=C[C@H]3[C@@H]1C(C)(C)N=N2. The molecule has 4 rings (SSSR count). The minimum absolute atomic E-state index is 0.0773. The van der Waals surface area contributed by atoms with Gasteiger partial charge in [0.2, 0.25) is 5.72 Å². The number of esters is 1. The van der Waals surface area contributed by atoms with Gasteiger partial charge in [-0.05, 0) is 30.9 Å². The van der Waals surface area contributed by atoms with Gasteiger partial charge < -0.3 is 20.1 Å². The van der Waals surface area contributed by atoms with Crippen LogP contribution in [0.3, 0.4) is 0 Å². The molecule has 0 radical (unpaired) electrons. The van der Waals surface area contributed by atoms with Crippen LogP contribution in [-0.2, 0) is 14.3 Å². The van der Waals surface area contributed by atoms with E-state index in [1.807, 2.05) is 20.8 Å². The largest absolute Gasteiger partial charge is 0.435 e. The highest BCUT2D eigenvalue weighted by Crippen LogP contribution is 2.63. The van der Waals surface area contributed by atoms with Gasteiger partial charge in [-0.2, -0.15) is 5.11 Å². The maximum absolute atomic E-state index is 12.9. The topological polar surface area (TPSA) is 129 Å². The summed E-state index contributed by atoms with van der Waals surface area (Å²) in [6, 6.07) is 0. The fourth-order valence-electron chi connectivity index (χ4n) is 6.37. The zero-order valence-electron chi connectivity index (χ0n) is 18.0. The predicted molar refractivity (Wildman–Crippen MR) is 106 cm³/mol. The van der Waals surface area contributed by atoms with Crippen molar-refractivity contribution in [2.45, 2.75) is 69.9 Å². The second kappa shape index (κ2) is 6.31. The molecule has 0 saturated heterocycles. The van der Waals surface area contributed by atoms with E-state index in [2.05, 4.69) is 10.2 Å². The Kier molecular flexibility index (Phi) is 4.49. The summed E-state index contributed by atoms with van der Waals surface area (Å²) in [7, 11) is 0. The lowest BCUT2D eigenvalue weighted by Gasteiger charge is -2.55. The molecular weight excluding hydrogens is 388 g/mol. The number of carbonyl (C=O) groups is 2. The number of fused-ring (bicyclic) bond motifs is 5. The zero-order valence-corrected chi connectivity index (χ0v) is 18.0. The number of aliphatic hydroxyl groups is 3. The van der Waals surface area contributed by atoms with Gasteiger partial charge in [0.15, 0.2) is 11.4 Å². The fourth-order valence-corrected chi connectivity index (χ4v) is 6.37. The normalized spacial score (nSPS) is 46.3. The highest BCUT2D eigenvalue weighted by Gasteiger charge is 2.71. The Balaban J connectivity index is 1.97. The maximum atomic E-state index is 12.9. The highest BCUT2D eigenvalue weighted by atomic mass is 16.6. The number of hydrogen-bond donors (Lipinski definition) is 3. The summed E-state index contributed by atoms with van der Waals surface area (Å²) in [6.45, 7) is 8.19. The van der Waals surface area contributed by atoms with Crippen LogP contribution >= 0.6 is 0 Å². The molecular formula is C22H30N2O6. The summed E-state index contributed by atoms with van der Waals surface area (Å²) in [6.07, 6.45) is 3.53. The number of nitrogens with zero attached hydrogens (tertiary/aromatic N) is 2. The van der Waals surface area contributed by atoms with Crippen LogP contribution in [0.5, 0.6) is 0 Å². The van der Waals surface area contributed by atoms with E-state index in [-0.39, 0.29) is 30.8 Å². The van der Waals surface area contributed by atoms with E-state index in [0.29, 0.717) is 5.57 Å². The minimum Gasteiger partial charge on any atom is -0.435 e. The smallest absolute Gasteiger partial charge is 0.304 e. The first kappa shape index (κ1) is 21.3. The third-order valence-electron chi connectivity index (χ3n) is 7.48. The molecule has 8 nitrogen and oxygen atoms in total. The second-order valence-corrected chi connectivity index (χ2v) is 9.98. The van der Waals surface area contributed by atoms with Crippen molar-refractivity contribution in [3.05, 3.63) is 23.3 Å². The van der Waals surface area contributed by atoms with Gasteiger partial charge in [-0.1, -0.05) is 26.0 Å². The Morgan fingerprint density at radius 3 is 2.50 bits per heavy atom. The van der Waals surface area contributed by atoms with E-state index in [1.54, 1.807) is 19.1 Å². The summed E-state index contributed by atoms with van der Waals surface area (Å²) in [4.78, 5) is 24.9. The first-order valence-corrected chi connectivity index (χ1v) is 10.5. The molecule has 3 N–H and O–H groups in total. The molecule has 1 fully saturated rings. The predicted octanol–water partition coefficient (Wildman–Crippen LogP) is 1.69. The van der Waals surface area contributed by atoms with Crippen molar-refractivity contribution in [2.24, 2.45) is 33.9 Å². The number of ketones is 1. The Hall–Kier alpha value is -1.90. The van der Waals surface area contributed by atoms with Crippen molar-refractivity contribution in [1.82, 2.24) is 0 Å². The molecule has 1 unspecified atom stereocenters. The summed E-state index contributed by atoms with van der Waals surface area (Å²) in [5, 5.41) is 42.5. The van der Waals surface area contributed by atoms with E-state index in [1.165, 1.54) is 6.92 Å². The van der Waals surface area contributed by atoms with E-state index in [9.17, 15) is 24.9 Å². The number of azo groups is 1. The summed E-state index contributed by atoms with van der Waals surface area (Å²) in [5.74, 6) is -3.14. The molecule has 0 spiro atoms. The van der Waals surface area contributed by atoms with Crippen LogP contribution in [-0.4, -0.2) is 56.1 Å². The molecule has 0 aromatic rings. The minimum atomic E-state index is -1.87. The molecule has 30 heavy (non-hydrogen) atoms. The second-order valence-electron chi connectivity index (χ2n) is 9.98. The lowest BCUT2D eigenvalue weighted by Crippen LogP contribution is -2.65. The zero-order chi connectivity index (χ0) is 22.3. The Bertz CT molecular complexity index is 907. The standard InChI is InChI=1S/C22H30N2O6/c1-11-6-16-20(28,18(11)27)9-14(10-25)7-15-17-19(4,5)23-24-21(17,30-13(3)26)8-12(2)22(15,16)29/h6-7,11-12,15,17,25,28-29H,8-10H2,1-5H3/t11?,12-,15+,17-,20-,21+,22-/m1/s1. The highest BCUT2D eigenvalue weighted by molar-refractivity contribution is 5.98. The van der Waals surface area contributed by atoms with Crippen molar-refractivity contribution in [2.75, 3.05) is 6.61 Å². The van der Waals surface area contributed by atoms with Crippen LogP contribution in [0.25, 0.3) is 0 Å². The molecule has 0 bridgehead atoms. The van der Waals surface area contributed by atoms with Gasteiger partial charge in [0.05, 0.1) is 23.7 Å². The van der Waals surface area contributed by atoms with Gasteiger partial charge in [0.25, 0.3) is 0 Å². The van der Waals surface area contributed by atoms with Crippen LogP contribution in [0.15, 0.2) is 33.5 Å². The van der Waals surface area contributed by atoms with Crippen LogP contribution in [0, 0.1) is 23.7 Å². The van der Waals surface area contributed by atoms with Gasteiger partial charge in [-0.3, -0.25) is 9.59 Å². The summed E-state index contributed by atoms with van der Waals surface area (Å²) >= 11 is 0. The number of allylic oxidation sites excluding steroid dienone is 1. The average Bonchev–Trinajstić information content (AvgIpc) is 2.98. The first-order valence-electron chi connectivity index (χ1n) is 10.5. The molecule has 0 amide bonds. The maximum Gasteiger partial charge on any atom is 0.304 e. The lowest BCUT2D eigenvalue weighted by atomic mass is 9.54. The van der Waals surface area contributed by atoms with Gasteiger partial charge in [0, 0.05) is 31.6 Å². The molecule has 0 aromatic heterocycles. The summed E-state index contributed by atoms with van der Waals surface area (Å²) < 4.78 is 5.74. The number of Topliss-reactive ketones (excluding diaryl/α,β-unsaturated/α-hetero) is 1. The van der Waals surface area contributed by atoms with Crippen molar-refractivity contribution in [1.29, 1.82) is 0 Å². The molecule has 3 aliphatic carbocycles. The van der Waals surface area contributed by atoms with E-state index < -0.39 is 52.1 Å². The average molecular weight is 418 g/mol. The number of aliphatic hydroxyl groups excluding tert-OH is 1. The van der Waals surface area contributed by atoms with Crippen LogP contribution in [0.4, 0.5) is 0 Å². The van der Waals surface area contributed by atoms with Crippen LogP contribution < -0.4 is 0 Å². The van der Waals surface area contributed by atoms with Crippen molar-refractivity contribution < 1.29 is 29.6 Å².